The lowest BCUT2D eigenvalue weighted by Crippen LogP contribution is -2.18. The summed E-state index contributed by atoms with van der Waals surface area (Å²) >= 11 is 0. The second kappa shape index (κ2) is 6.30. The van der Waals surface area contributed by atoms with Crippen LogP contribution in [0.25, 0.3) is 11.0 Å². The average molecular weight is 363 g/mol. The lowest BCUT2D eigenvalue weighted by Gasteiger charge is -2.07. The molecule has 0 unspecified atom stereocenters. The summed E-state index contributed by atoms with van der Waals surface area (Å²) in [5, 5.41) is 7.34. The van der Waals surface area contributed by atoms with Crippen molar-refractivity contribution in [2.24, 2.45) is 0 Å². The predicted octanol–water partition coefficient (Wildman–Crippen LogP) is 1.77. The summed E-state index contributed by atoms with van der Waals surface area (Å²) in [6, 6.07) is 4.42. The fourth-order valence-electron chi connectivity index (χ4n) is 2.27. The molecule has 0 aromatic carbocycles. The summed E-state index contributed by atoms with van der Waals surface area (Å²) < 4.78 is 32.3. The minimum Gasteiger partial charge on any atom is -0.438 e. The van der Waals surface area contributed by atoms with Gasteiger partial charge in [0.1, 0.15) is 0 Å². The van der Waals surface area contributed by atoms with Gasteiger partial charge in [0.2, 0.25) is 5.09 Å². The first-order valence-electron chi connectivity index (χ1n) is 7.50. The molecule has 0 atom stereocenters. The Morgan fingerprint density at radius 1 is 1.28 bits per heavy atom. The van der Waals surface area contributed by atoms with Crippen molar-refractivity contribution in [2.45, 2.75) is 25.0 Å². The van der Waals surface area contributed by atoms with Crippen LogP contribution in [0.1, 0.15) is 30.4 Å². The number of furan rings is 1. The van der Waals surface area contributed by atoms with E-state index in [0.717, 1.165) is 5.39 Å². The van der Waals surface area contributed by atoms with Crippen molar-refractivity contribution in [2.75, 3.05) is 12.4 Å². The maximum Gasteiger partial charge on any atom is 0.291 e. The van der Waals surface area contributed by atoms with Crippen LogP contribution in [0.4, 0.5) is 5.69 Å². The van der Waals surface area contributed by atoms with Gasteiger partial charge in [-0.1, -0.05) is 0 Å². The lowest BCUT2D eigenvalue weighted by molar-refractivity contribution is 0.0991. The molecule has 0 saturated heterocycles. The monoisotopic (exact) mass is 363 g/mol. The number of anilines is 1. The second-order valence-corrected chi connectivity index (χ2v) is 7.42. The molecule has 132 valence electrons. The number of nitrogens with zero attached hydrogens (tertiary/aromatic N) is 3. The highest BCUT2D eigenvalue weighted by molar-refractivity contribution is 7.89. The first-order valence-corrected chi connectivity index (χ1v) is 8.98. The van der Waals surface area contributed by atoms with E-state index in [-0.39, 0.29) is 16.9 Å². The molecule has 0 fully saturated rings. The molecule has 3 aromatic rings. The zero-order chi connectivity index (χ0) is 18.2. The van der Waals surface area contributed by atoms with Crippen LogP contribution in [0.3, 0.4) is 0 Å². The summed E-state index contributed by atoms with van der Waals surface area (Å²) in [7, 11) is -2.48. The number of carbonyl (C=O) groups excluding carboxylic acids is 1. The molecule has 0 aliphatic heterocycles. The minimum atomic E-state index is -3.74. The fourth-order valence-corrected chi connectivity index (χ4v) is 2.91. The van der Waals surface area contributed by atoms with Crippen LogP contribution in [0.15, 0.2) is 40.1 Å². The number of sulfonamides is 1. The van der Waals surface area contributed by atoms with Crippen LogP contribution >= 0.6 is 0 Å². The van der Waals surface area contributed by atoms with Crippen LogP contribution in [0, 0.1) is 0 Å². The van der Waals surface area contributed by atoms with Gasteiger partial charge >= 0.3 is 0 Å². The quantitative estimate of drug-likeness (QED) is 0.713. The van der Waals surface area contributed by atoms with Gasteiger partial charge in [0.15, 0.2) is 11.4 Å². The zero-order valence-corrected chi connectivity index (χ0v) is 14.7. The van der Waals surface area contributed by atoms with Crippen molar-refractivity contribution in [1.29, 1.82) is 0 Å². The smallest absolute Gasteiger partial charge is 0.291 e. The molecule has 0 spiro atoms. The third-order valence-electron chi connectivity index (χ3n) is 3.52. The van der Waals surface area contributed by atoms with Crippen molar-refractivity contribution < 1.29 is 17.6 Å². The molecule has 10 heteroatoms. The molecule has 0 bridgehead atoms. The fraction of sp³-hybridized carbons (Fsp3) is 0.267. The Hall–Kier alpha value is -2.72. The van der Waals surface area contributed by atoms with Crippen molar-refractivity contribution >= 4 is 32.7 Å². The van der Waals surface area contributed by atoms with E-state index in [0.29, 0.717) is 11.3 Å². The summed E-state index contributed by atoms with van der Waals surface area (Å²) in [6.07, 6.45) is 3.18. The highest BCUT2D eigenvalue weighted by Crippen LogP contribution is 2.20. The van der Waals surface area contributed by atoms with Gasteiger partial charge < -0.3 is 9.73 Å². The van der Waals surface area contributed by atoms with E-state index in [4.69, 9.17) is 4.42 Å². The number of hydrogen-bond donors (Lipinski definition) is 2. The van der Waals surface area contributed by atoms with Gasteiger partial charge in [0, 0.05) is 11.4 Å². The first kappa shape index (κ1) is 17.1. The van der Waals surface area contributed by atoms with Gasteiger partial charge in [-0.05, 0) is 39.1 Å². The highest BCUT2D eigenvalue weighted by Gasteiger charge is 2.20. The summed E-state index contributed by atoms with van der Waals surface area (Å²) in [4.78, 5) is 16.5. The first-order chi connectivity index (χ1) is 11.8. The molecule has 3 rings (SSSR count). The van der Waals surface area contributed by atoms with E-state index in [2.05, 4.69) is 20.1 Å². The van der Waals surface area contributed by atoms with Gasteiger partial charge in [-0.2, -0.15) is 5.10 Å². The molecule has 1 amide bonds. The van der Waals surface area contributed by atoms with Crippen molar-refractivity contribution in [1.82, 2.24) is 19.5 Å². The Morgan fingerprint density at radius 2 is 2.04 bits per heavy atom. The van der Waals surface area contributed by atoms with E-state index in [1.165, 1.54) is 25.4 Å². The predicted molar refractivity (Wildman–Crippen MR) is 90.8 cm³/mol. The molecule has 0 aliphatic rings. The van der Waals surface area contributed by atoms with Crippen LogP contribution in [0.5, 0.6) is 0 Å². The van der Waals surface area contributed by atoms with E-state index in [1.807, 2.05) is 13.8 Å². The van der Waals surface area contributed by atoms with E-state index in [1.54, 1.807) is 16.9 Å². The highest BCUT2D eigenvalue weighted by atomic mass is 32.2. The Labute approximate surface area is 144 Å². The third-order valence-corrected chi connectivity index (χ3v) is 4.81. The van der Waals surface area contributed by atoms with Gasteiger partial charge in [-0.3, -0.25) is 4.79 Å². The molecule has 9 nitrogen and oxygen atoms in total. The second-order valence-electron chi connectivity index (χ2n) is 5.60. The number of pyridine rings is 1. The van der Waals surface area contributed by atoms with Crippen molar-refractivity contribution in [3.63, 3.8) is 0 Å². The minimum absolute atomic E-state index is 0.119. The van der Waals surface area contributed by atoms with Gasteiger partial charge in [-0.25, -0.2) is 22.8 Å². The normalized spacial score (nSPS) is 12.0. The molecule has 3 aromatic heterocycles. The Bertz CT molecular complexity index is 1040. The maximum atomic E-state index is 12.2. The summed E-state index contributed by atoms with van der Waals surface area (Å²) in [5.74, 6) is -0.693. The number of aromatic nitrogens is 3. The Morgan fingerprint density at radius 3 is 2.72 bits per heavy atom. The number of nitrogens with one attached hydrogen (secondary N) is 2. The molecule has 25 heavy (non-hydrogen) atoms. The van der Waals surface area contributed by atoms with E-state index >= 15 is 0 Å². The molecular weight excluding hydrogens is 346 g/mol. The molecular formula is C15H17N5O4S. The van der Waals surface area contributed by atoms with Crippen molar-refractivity contribution in [3.05, 3.63) is 36.4 Å². The standard InChI is InChI=1S/C15H17N5O4S/c1-9(2)20-14-10(7-18-20)6-11(8-17-14)19-15(21)12-4-5-13(24-12)25(22,23)16-3/h4-9,16H,1-3H3,(H,19,21). The molecule has 3 heterocycles. The largest absolute Gasteiger partial charge is 0.438 e. The van der Waals surface area contributed by atoms with Crippen molar-refractivity contribution in [3.8, 4) is 0 Å². The molecule has 2 N–H and O–H groups in total. The number of hydrogen-bond acceptors (Lipinski definition) is 6. The van der Waals surface area contributed by atoms with E-state index in [9.17, 15) is 13.2 Å². The zero-order valence-electron chi connectivity index (χ0n) is 13.8. The number of fused-ring (bicyclic) bond motifs is 1. The van der Waals surface area contributed by atoms with E-state index < -0.39 is 15.9 Å². The van der Waals surface area contributed by atoms with Gasteiger partial charge in [0.05, 0.1) is 18.1 Å². The average Bonchev–Trinajstić information content (AvgIpc) is 3.21. The number of rotatable bonds is 5. The topological polar surface area (TPSA) is 119 Å². The number of carbonyl (C=O) groups is 1. The summed E-state index contributed by atoms with van der Waals surface area (Å²) in [6.45, 7) is 4.00. The lowest BCUT2D eigenvalue weighted by atomic mass is 10.3. The van der Waals surface area contributed by atoms with Crippen LogP contribution in [-0.2, 0) is 10.0 Å². The number of amides is 1. The van der Waals surface area contributed by atoms with Crippen LogP contribution in [0.2, 0.25) is 0 Å². The van der Waals surface area contributed by atoms with Gasteiger partial charge in [0.25, 0.3) is 15.9 Å². The Kier molecular flexibility index (Phi) is 4.31. The molecule has 0 radical (unpaired) electrons. The Balaban J connectivity index is 1.83. The maximum absolute atomic E-state index is 12.2. The van der Waals surface area contributed by atoms with Gasteiger partial charge in [-0.15, -0.1) is 0 Å². The molecule has 0 saturated carbocycles. The third kappa shape index (κ3) is 3.26. The van der Waals surface area contributed by atoms with Crippen LogP contribution in [-0.4, -0.2) is 36.1 Å². The van der Waals surface area contributed by atoms with Crippen LogP contribution < -0.4 is 10.0 Å². The summed E-state index contributed by atoms with van der Waals surface area (Å²) in [5.41, 5.74) is 1.17. The SMILES string of the molecule is CNS(=O)(=O)c1ccc(C(=O)Nc2cnc3c(cnn3C(C)C)c2)o1. The molecule has 0 aliphatic carbocycles.